The Morgan fingerprint density at radius 2 is 2.07 bits per heavy atom. The molecule has 29 heavy (non-hydrogen) atoms. The number of rotatable bonds is 9. The number of benzene rings is 1. The Morgan fingerprint density at radius 3 is 2.72 bits per heavy atom. The molecule has 3 N–H and O–H groups in total. The summed E-state index contributed by atoms with van der Waals surface area (Å²) in [5.41, 5.74) is 0.290. The number of hydrogen-bond acceptors (Lipinski definition) is 5. The summed E-state index contributed by atoms with van der Waals surface area (Å²) in [6.07, 6.45) is -0.0143. The first-order chi connectivity index (χ1) is 13.4. The van der Waals surface area contributed by atoms with Gasteiger partial charge >= 0.3 is 0 Å². The quantitative estimate of drug-likeness (QED) is 0.263. The zero-order chi connectivity index (χ0) is 20.4. The number of aliphatic hydroxyl groups is 1. The zero-order valence-corrected chi connectivity index (χ0v) is 20.4. The number of nitrogens with zero attached hydrogens (tertiary/aromatic N) is 2. The van der Waals surface area contributed by atoms with Crippen molar-refractivity contribution in [3.05, 3.63) is 29.8 Å². The van der Waals surface area contributed by atoms with E-state index >= 15 is 0 Å². The lowest BCUT2D eigenvalue weighted by Gasteiger charge is -2.33. The molecule has 1 aliphatic rings. The van der Waals surface area contributed by atoms with Crippen molar-refractivity contribution in [1.29, 1.82) is 0 Å². The molecule has 0 radical (unpaired) electrons. The number of ether oxygens (including phenoxy) is 2. The lowest BCUT2D eigenvalue weighted by molar-refractivity contribution is -0.0180. The molecule has 2 unspecified atom stereocenters. The second kappa shape index (κ2) is 13.3. The number of guanidine groups is 1. The molecule has 0 aliphatic carbocycles. The molecule has 1 fully saturated rings. The number of halogens is 1. The molecule has 0 aromatic heterocycles. The Bertz CT molecular complexity index is 622. The van der Waals surface area contributed by atoms with Crippen LogP contribution in [0.15, 0.2) is 29.3 Å². The van der Waals surface area contributed by atoms with E-state index in [2.05, 4.69) is 33.5 Å². The predicted molar refractivity (Wildman–Crippen MR) is 129 cm³/mol. The van der Waals surface area contributed by atoms with Crippen molar-refractivity contribution in [2.75, 3.05) is 52.5 Å². The van der Waals surface area contributed by atoms with Crippen LogP contribution in [0.4, 0.5) is 0 Å². The lowest BCUT2D eigenvalue weighted by atomic mass is 10.1. The van der Waals surface area contributed by atoms with E-state index in [4.69, 9.17) is 9.47 Å². The van der Waals surface area contributed by atoms with Crippen LogP contribution in [0.2, 0.25) is 0 Å². The monoisotopic (exact) mass is 520 g/mol. The van der Waals surface area contributed by atoms with E-state index in [-0.39, 0.29) is 30.1 Å². The molecule has 1 saturated heterocycles. The maximum atomic E-state index is 10.7. The van der Waals surface area contributed by atoms with E-state index in [0.717, 1.165) is 38.6 Å². The minimum Gasteiger partial charge on any atom is -0.489 e. The largest absolute Gasteiger partial charge is 0.489 e. The SMILES string of the molecule is CCNC(=NCC(C)(O)CN1CCOCC1)NCC(C)Oc1cccc(C)c1.I. The van der Waals surface area contributed by atoms with E-state index < -0.39 is 5.60 Å². The van der Waals surface area contributed by atoms with E-state index in [1.807, 2.05) is 39.0 Å². The van der Waals surface area contributed by atoms with Crippen LogP contribution in [0.5, 0.6) is 5.75 Å². The first-order valence-corrected chi connectivity index (χ1v) is 10.2. The molecule has 0 spiro atoms. The van der Waals surface area contributed by atoms with Crippen molar-refractivity contribution in [1.82, 2.24) is 15.5 Å². The first kappa shape index (κ1) is 25.9. The molecule has 8 heteroatoms. The van der Waals surface area contributed by atoms with Gasteiger partial charge in [-0.1, -0.05) is 12.1 Å². The summed E-state index contributed by atoms with van der Waals surface area (Å²) in [5, 5.41) is 17.2. The van der Waals surface area contributed by atoms with Gasteiger partial charge in [-0.3, -0.25) is 9.89 Å². The van der Waals surface area contributed by atoms with Gasteiger partial charge in [0.1, 0.15) is 11.9 Å². The predicted octanol–water partition coefficient (Wildman–Crippen LogP) is 2.02. The summed E-state index contributed by atoms with van der Waals surface area (Å²) in [6.45, 7) is 13.4. The Labute approximate surface area is 192 Å². The van der Waals surface area contributed by atoms with Gasteiger partial charge in [0.05, 0.1) is 31.9 Å². The number of aryl methyl sites for hydroxylation is 1. The zero-order valence-electron chi connectivity index (χ0n) is 18.1. The van der Waals surface area contributed by atoms with Crippen LogP contribution in [0, 0.1) is 6.92 Å². The van der Waals surface area contributed by atoms with Gasteiger partial charge in [-0.2, -0.15) is 0 Å². The third-order valence-corrected chi connectivity index (χ3v) is 4.47. The minimum absolute atomic E-state index is 0. The van der Waals surface area contributed by atoms with Crippen LogP contribution in [0.3, 0.4) is 0 Å². The van der Waals surface area contributed by atoms with Gasteiger partial charge in [-0.15, -0.1) is 24.0 Å². The van der Waals surface area contributed by atoms with Crippen LogP contribution in [-0.4, -0.2) is 80.2 Å². The first-order valence-electron chi connectivity index (χ1n) is 10.2. The molecule has 1 aromatic carbocycles. The highest BCUT2D eigenvalue weighted by Crippen LogP contribution is 2.14. The van der Waals surface area contributed by atoms with E-state index in [0.29, 0.717) is 25.6 Å². The highest BCUT2D eigenvalue weighted by molar-refractivity contribution is 14.0. The van der Waals surface area contributed by atoms with E-state index in [1.165, 1.54) is 5.56 Å². The van der Waals surface area contributed by atoms with E-state index in [1.54, 1.807) is 0 Å². The molecular formula is C21H37IN4O3. The maximum absolute atomic E-state index is 10.7. The molecule has 7 nitrogen and oxygen atoms in total. The number of β-amino-alcohol motifs (C(OH)–C–C–N with tert-alkyl or cyclic N) is 1. The summed E-state index contributed by atoms with van der Waals surface area (Å²) >= 11 is 0. The van der Waals surface area contributed by atoms with Crippen LogP contribution in [0.25, 0.3) is 0 Å². The normalized spacial score (nSPS) is 18.3. The molecule has 166 valence electrons. The van der Waals surface area contributed by atoms with Crippen molar-refractivity contribution in [2.45, 2.75) is 39.4 Å². The Balaban J connectivity index is 0.00000420. The second-order valence-corrected chi connectivity index (χ2v) is 7.71. The summed E-state index contributed by atoms with van der Waals surface area (Å²) in [7, 11) is 0. The Kier molecular flexibility index (Phi) is 11.9. The summed E-state index contributed by atoms with van der Waals surface area (Å²) in [5.74, 6) is 1.55. The molecular weight excluding hydrogens is 483 g/mol. The average molecular weight is 520 g/mol. The molecule has 2 atom stereocenters. The van der Waals surface area contributed by atoms with Crippen LogP contribution < -0.4 is 15.4 Å². The van der Waals surface area contributed by atoms with Gasteiger partial charge in [-0.05, 0) is 45.4 Å². The van der Waals surface area contributed by atoms with Crippen molar-refractivity contribution < 1.29 is 14.6 Å². The van der Waals surface area contributed by atoms with Gasteiger partial charge in [0, 0.05) is 26.2 Å². The van der Waals surface area contributed by atoms with E-state index in [9.17, 15) is 5.11 Å². The smallest absolute Gasteiger partial charge is 0.191 e. The maximum Gasteiger partial charge on any atom is 0.191 e. The number of morpholine rings is 1. The van der Waals surface area contributed by atoms with Gasteiger partial charge in [0.2, 0.25) is 0 Å². The van der Waals surface area contributed by atoms with Crippen molar-refractivity contribution in [3.63, 3.8) is 0 Å². The topological polar surface area (TPSA) is 78.4 Å². The number of aliphatic imine (C=N–C) groups is 1. The lowest BCUT2D eigenvalue weighted by Crippen LogP contribution is -2.48. The van der Waals surface area contributed by atoms with Gasteiger partial charge < -0.3 is 25.2 Å². The Morgan fingerprint density at radius 1 is 1.34 bits per heavy atom. The molecule has 0 amide bonds. The summed E-state index contributed by atoms with van der Waals surface area (Å²) < 4.78 is 11.3. The molecule has 0 bridgehead atoms. The van der Waals surface area contributed by atoms with Crippen molar-refractivity contribution >= 4 is 29.9 Å². The molecule has 2 rings (SSSR count). The molecule has 0 saturated carbocycles. The van der Waals surface area contributed by atoms with Gasteiger partial charge in [-0.25, -0.2) is 0 Å². The van der Waals surface area contributed by atoms with Crippen molar-refractivity contribution in [2.24, 2.45) is 4.99 Å². The standard InChI is InChI=1S/C21H36N4O3.HI/c1-5-22-20(23-14-18(3)28-19-8-6-7-17(2)13-19)24-15-21(4,26)16-25-9-11-27-12-10-25;/h6-8,13,18,26H,5,9-12,14-16H2,1-4H3,(H2,22,23,24);1H. The van der Waals surface area contributed by atoms with Crippen LogP contribution in [0.1, 0.15) is 26.3 Å². The second-order valence-electron chi connectivity index (χ2n) is 7.71. The van der Waals surface area contributed by atoms with Gasteiger partial charge in [0.15, 0.2) is 5.96 Å². The molecule has 1 heterocycles. The highest BCUT2D eigenvalue weighted by Gasteiger charge is 2.25. The molecule has 1 aliphatic heterocycles. The third-order valence-electron chi connectivity index (χ3n) is 4.47. The summed E-state index contributed by atoms with van der Waals surface area (Å²) in [6, 6.07) is 8.03. The van der Waals surface area contributed by atoms with Gasteiger partial charge in [0.25, 0.3) is 0 Å². The average Bonchev–Trinajstić information content (AvgIpc) is 2.64. The van der Waals surface area contributed by atoms with Crippen LogP contribution in [-0.2, 0) is 4.74 Å². The van der Waals surface area contributed by atoms with Crippen molar-refractivity contribution in [3.8, 4) is 5.75 Å². The third kappa shape index (κ3) is 10.5. The minimum atomic E-state index is -0.886. The molecule has 1 aromatic rings. The fourth-order valence-electron chi connectivity index (χ4n) is 3.09. The number of nitrogens with one attached hydrogen (secondary N) is 2. The Hall–Kier alpha value is -1.10. The number of hydrogen-bond donors (Lipinski definition) is 3. The fraction of sp³-hybridized carbons (Fsp3) is 0.667. The van der Waals surface area contributed by atoms with Crippen LogP contribution >= 0.6 is 24.0 Å². The fourth-order valence-corrected chi connectivity index (χ4v) is 3.09. The summed E-state index contributed by atoms with van der Waals surface area (Å²) in [4.78, 5) is 6.79. The highest BCUT2D eigenvalue weighted by atomic mass is 127.